The summed E-state index contributed by atoms with van der Waals surface area (Å²) in [7, 11) is 0. The van der Waals surface area contributed by atoms with E-state index in [4.69, 9.17) is 4.74 Å². The minimum Gasteiger partial charge on any atom is -0.379 e. The molecule has 3 amide bonds. The predicted molar refractivity (Wildman–Crippen MR) is 60.4 cm³/mol. The number of ether oxygens (including phenoxy) is 1. The summed E-state index contributed by atoms with van der Waals surface area (Å²) in [4.78, 5) is 25.6. The molecular formula is C12H18N2O3. The molecule has 17 heavy (non-hydrogen) atoms. The maximum absolute atomic E-state index is 12.2. The first-order chi connectivity index (χ1) is 8.20. The number of rotatable bonds is 1. The third-order valence-electron chi connectivity index (χ3n) is 4.18. The molecule has 1 N–H and O–H groups in total. The predicted octanol–water partition coefficient (Wildman–Crippen LogP) is 1.03. The fourth-order valence-electron chi connectivity index (χ4n) is 3.27. The van der Waals surface area contributed by atoms with E-state index < -0.39 is 0 Å². The highest BCUT2D eigenvalue weighted by Gasteiger charge is 2.46. The number of amides is 3. The van der Waals surface area contributed by atoms with Gasteiger partial charge in [-0.1, -0.05) is 12.8 Å². The van der Waals surface area contributed by atoms with E-state index in [1.54, 1.807) is 0 Å². The van der Waals surface area contributed by atoms with Crippen molar-refractivity contribution in [3.8, 4) is 0 Å². The number of hydrogen-bond acceptors (Lipinski definition) is 3. The lowest BCUT2D eigenvalue weighted by atomic mass is 9.90. The average molecular weight is 238 g/mol. The summed E-state index contributed by atoms with van der Waals surface area (Å²) in [6.45, 7) is 1.14. The first-order valence-corrected chi connectivity index (χ1v) is 6.42. The standard InChI is InChI=1S/C12H18N2O3/c15-10-7-12(4-1-2-5-12)13-11(16)14(10)9-3-6-17-8-9/h9H,1-8H2,(H,13,16). The van der Waals surface area contributed by atoms with Crippen molar-refractivity contribution < 1.29 is 14.3 Å². The molecule has 1 unspecified atom stereocenters. The lowest BCUT2D eigenvalue weighted by Crippen LogP contribution is -2.63. The maximum atomic E-state index is 12.2. The monoisotopic (exact) mass is 238 g/mol. The van der Waals surface area contributed by atoms with Gasteiger partial charge in [-0.15, -0.1) is 0 Å². The second-order valence-corrected chi connectivity index (χ2v) is 5.38. The Morgan fingerprint density at radius 1 is 1.29 bits per heavy atom. The van der Waals surface area contributed by atoms with E-state index in [9.17, 15) is 9.59 Å². The summed E-state index contributed by atoms with van der Waals surface area (Å²) in [6, 6.07) is -0.264. The van der Waals surface area contributed by atoms with Crippen molar-refractivity contribution in [2.75, 3.05) is 13.2 Å². The van der Waals surface area contributed by atoms with Crippen molar-refractivity contribution in [2.45, 2.75) is 50.1 Å². The van der Waals surface area contributed by atoms with Crippen molar-refractivity contribution in [2.24, 2.45) is 0 Å². The SMILES string of the molecule is O=C1CC2(CCCC2)NC(=O)N1C1CCOC1. The summed E-state index contributed by atoms with van der Waals surface area (Å²) in [5, 5.41) is 3.06. The maximum Gasteiger partial charge on any atom is 0.324 e. The highest BCUT2D eigenvalue weighted by Crippen LogP contribution is 2.36. The number of carbonyl (C=O) groups excluding carboxylic acids is 2. The van der Waals surface area contributed by atoms with Crippen LogP contribution in [0.5, 0.6) is 0 Å². The Balaban J connectivity index is 1.76. The Labute approximate surface area is 100 Å². The highest BCUT2D eigenvalue weighted by molar-refractivity contribution is 5.98. The smallest absolute Gasteiger partial charge is 0.324 e. The van der Waals surface area contributed by atoms with Crippen molar-refractivity contribution in [1.29, 1.82) is 0 Å². The van der Waals surface area contributed by atoms with E-state index >= 15 is 0 Å². The number of imide groups is 1. The van der Waals surface area contributed by atoms with Crippen molar-refractivity contribution in [1.82, 2.24) is 10.2 Å². The molecule has 3 aliphatic rings. The lowest BCUT2D eigenvalue weighted by molar-refractivity contribution is -0.133. The van der Waals surface area contributed by atoms with E-state index in [0.29, 0.717) is 19.6 Å². The van der Waals surface area contributed by atoms with Crippen LogP contribution in [0.4, 0.5) is 4.79 Å². The van der Waals surface area contributed by atoms with Gasteiger partial charge in [0.2, 0.25) is 5.91 Å². The zero-order chi connectivity index (χ0) is 11.9. The second-order valence-electron chi connectivity index (χ2n) is 5.38. The van der Waals surface area contributed by atoms with E-state index in [0.717, 1.165) is 32.1 Å². The molecule has 0 aromatic carbocycles. The molecule has 2 aliphatic heterocycles. The molecule has 2 saturated heterocycles. The third kappa shape index (κ3) is 1.82. The van der Waals surface area contributed by atoms with Crippen molar-refractivity contribution >= 4 is 11.9 Å². The molecule has 94 valence electrons. The molecular weight excluding hydrogens is 220 g/mol. The van der Waals surface area contributed by atoms with Crippen LogP contribution in [0.1, 0.15) is 38.5 Å². The number of hydrogen-bond donors (Lipinski definition) is 1. The van der Waals surface area contributed by atoms with E-state index in [2.05, 4.69) is 5.32 Å². The fraction of sp³-hybridized carbons (Fsp3) is 0.833. The average Bonchev–Trinajstić information content (AvgIpc) is 2.89. The molecule has 1 atom stereocenters. The van der Waals surface area contributed by atoms with Crippen LogP contribution >= 0.6 is 0 Å². The first kappa shape index (κ1) is 11.0. The Bertz CT molecular complexity index is 324. The van der Waals surface area contributed by atoms with E-state index in [1.165, 1.54) is 4.90 Å². The zero-order valence-electron chi connectivity index (χ0n) is 9.91. The Morgan fingerprint density at radius 2 is 2.06 bits per heavy atom. The van der Waals surface area contributed by atoms with E-state index in [-0.39, 0.29) is 23.5 Å². The number of carbonyl (C=O) groups is 2. The van der Waals surface area contributed by atoms with Crippen LogP contribution in [-0.2, 0) is 9.53 Å². The molecule has 0 bridgehead atoms. The summed E-state index contributed by atoms with van der Waals surface area (Å²) in [6.07, 6.45) is 5.35. The van der Waals surface area contributed by atoms with Gasteiger partial charge in [-0.05, 0) is 19.3 Å². The number of nitrogens with zero attached hydrogens (tertiary/aromatic N) is 1. The van der Waals surface area contributed by atoms with Crippen LogP contribution < -0.4 is 5.32 Å². The number of urea groups is 1. The van der Waals surface area contributed by atoms with Gasteiger partial charge in [0.15, 0.2) is 0 Å². The molecule has 5 heteroatoms. The van der Waals surface area contributed by atoms with Gasteiger partial charge in [0.05, 0.1) is 24.6 Å². The normalized spacial score (nSPS) is 32.2. The molecule has 0 aromatic rings. The van der Waals surface area contributed by atoms with Crippen LogP contribution in [0.15, 0.2) is 0 Å². The molecule has 1 aliphatic carbocycles. The van der Waals surface area contributed by atoms with Gasteiger partial charge >= 0.3 is 6.03 Å². The topological polar surface area (TPSA) is 58.6 Å². The molecule has 3 fully saturated rings. The van der Waals surface area contributed by atoms with Crippen LogP contribution in [0, 0.1) is 0 Å². The van der Waals surface area contributed by atoms with Gasteiger partial charge in [-0.2, -0.15) is 0 Å². The zero-order valence-corrected chi connectivity index (χ0v) is 9.91. The Kier molecular flexibility index (Phi) is 2.58. The summed E-state index contributed by atoms with van der Waals surface area (Å²) in [5.74, 6) is -0.0221. The van der Waals surface area contributed by atoms with E-state index in [1.807, 2.05) is 0 Å². The Hall–Kier alpha value is -1.10. The van der Waals surface area contributed by atoms with Crippen molar-refractivity contribution in [3.63, 3.8) is 0 Å². The van der Waals surface area contributed by atoms with Gasteiger partial charge in [-0.25, -0.2) is 4.79 Å². The highest BCUT2D eigenvalue weighted by atomic mass is 16.5. The minimum atomic E-state index is -0.232. The lowest BCUT2D eigenvalue weighted by Gasteiger charge is -2.40. The van der Waals surface area contributed by atoms with Gasteiger partial charge in [0, 0.05) is 6.61 Å². The third-order valence-corrected chi connectivity index (χ3v) is 4.18. The van der Waals surface area contributed by atoms with Gasteiger partial charge < -0.3 is 10.1 Å². The molecule has 0 aromatic heterocycles. The van der Waals surface area contributed by atoms with Gasteiger partial charge in [0.1, 0.15) is 0 Å². The molecule has 1 saturated carbocycles. The molecule has 5 nitrogen and oxygen atoms in total. The van der Waals surface area contributed by atoms with Crippen molar-refractivity contribution in [3.05, 3.63) is 0 Å². The summed E-state index contributed by atoms with van der Waals surface area (Å²) in [5.41, 5.74) is -0.232. The minimum absolute atomic E-state index is 0.0221. The van der Waals surface area contributed by atoms with Gasteiger partial charge in [-0.3, -0.25) is 9.69 Å². The van der Waals surface area contributed by atoms with Crippen LogP contribution in [-0.4, -0.2) is 41.6 Å². The van der Waals surface area contributed by atoms with Gasteiger partial charge in [0.25, 0.3) is 0 Å². The first-order valence-electron chi connectivity index (χ1n) is 6.42. The van der Waals surface area contributed by atoms with Crippen LogP contribution in [0.3, 0.4) is 0 Å². The molecule has 3 rings (SSSR count). The van der Waals surface area contributed by atoms with Crippen LogP contribution in [0.2, 0.25) is 0 Å². The molecule has 1 spiro atoms. The second kappa shape index (κ2) is 3.98. The largest absolute Gasteiger partial charge is 0.379 e. The Morgan fingerprint density at radius 3 is 2.65 bits per heavy atom. The summed E-state index contributed by atoms with van der Waals surface area (Å²) < 4.78 is 5.25. The summed E-state index contributed by atoms with van der Waals surface area (Å²) >= 11 is 0. The fourth-order valence-corrected chi connectivity index (χ4v) is 3.27. The molecule has 2 heterocycles. The number of nitrogens with one attached hydrogen (secondary N) is 1. The van der Waals surface area contributed by atoms with Crippen LogP contribution in [0.25, 0.3) is 0 Å². The quantitative estimate of drug-likeness (QED) is 0.742. The molecule has 0 radical (unpaired) electrons.